The van der Waals surface area contributed by atoms with E-state index < -0.39 is 5.82 Å². The average molecular weight is 780 g/mol. The minimum absolute atomic E-state index is 0.0487. The highest BCUT2D eigenvalue weighted by Gasteiger charge is 2.51. The summed E-state index contributed by atoms with van der Waals surface area (Å²) in [6.45, 7) is 3.75. The Morgan fingerprint density at radius 2 is 1.96 bits per heavy atom. The zero-order valence-corrected chi connectivity index (χ0v) is 31.9. The van der Waals surface area contributed by atoms with E-state index in [-0.39, 0.29) is 53.0 Å². The van der Waals surface area contributed by atoms with Crippen molar-refractivity contribution in [3.05, 3.63) is 92.4 Å². The molecule has 0 unspecified atom stereocenters. The van der Waals surface area contributed by atoms with Gasteiger partial charge in [0.05, 0.1) is 56.6 Å². The Bertz CT molecular complexity index is 2510. The lowest BCUT2D eigenvalue weighted by molar-refractivity contribution is -0.134. The maximum absolute atomic E-state index is 17.2. The lowest BCUT2D eigenvalue weighted by Crippen LogP contribution is -2.41. The van der Waals surface area contributed by atoms with Crippen molar-refractivity contribution in [2.75, 3.05) is 13.1 Å². The van der Waals surface area contributed by atoms with E-state index in [1.165, 1.54) is 0 Å². The van der Waals surface area contributed by atoms with Gasteiger partial charge in [-0.05, 0) is 74.4 Å². The van der Waals surface area contributed by atoms with Gasteiger partial charge in [0, 0.05) is 71.2 Å². The van der Waals surface area contributed by atoms with E-state index in [9.17, 15) is 10.1 Å². The smallest absolute Gasteiger partial charge is 0.226 e. The second-order valence-corrected chi connectivity index (χ2v) is 17.2. The number of pyridine rings is 1. The predicted molar refractivity (Wildman–Crippen MR) is 210 cm³/mol. The molecule has 6 aromatic rings. The number of nitriles is 1. The van der Waals surface area contributed by atoms with Crippen LogP contribution in [0.3, 0.4) is 0 Å². The number of amides is 1. The topological polar surface area (TPSA) is 96.1 Å². The van der Waals surface area contributed by atoms with Gasteiger partial charge in [0.25, 0.3) is 0 Å². The molecular weight excluding hydrogens is 742 g/mol. The van der Waals surface area contributed by atoms with Crippen LogP contribution in [0.2, 0.25) is 10.0 Å². The molecule has 5 aliphatic rings. The number of ether oxygens (including phenoxy) is 1. The van der Waals surface area contributed by atoms with Gasteiger partial charge in [-0.1, -0.05) is 47.5 Å². The quantitative estimate of drug-likeness (QED) is 0.157. The lowest BCUT2D eigenvalue weighted by Gasteiger charge is -2.39. The van der Waals surface area contributed by atoms with Gasteiger partial charge in [0.2, 0.25) is 5.91 Å². The summed E-state index contributed by atoms with van der Waals surface area (Å²) in [4.78, 5) is 25.9. The molecule has 1 N–H and O–H groups in total. The van der Waals surface area contributed by atoms with Crippen molar-refractivity contribution < 1.29 is 13.9 Å². The van der Waals surface area contributed by atoms with E-state index in [0.29, 0.717) is 64.7 Å². The van der Waals surface area contributed by atoms with Gasteiger partial charge in [0.15, 0.2) is 5.82 Å². The number of para-hydroxylation sites is 1. The number of hydrogen-bond acceptors (Lipinski definition) is 7. The molecule has 1 amide bonds. The standard InChI is InChI=1S/C42H37Cl2FN6O2S/c1-21-27-17-33(32-16-25(19-50(32)42(52)22-11-12-22)53-20-35-49-30-9-2-3-10-34(30)54-35)51(40-24-15-31(40)47-18-24)41(27)28-14-23(6-5-13-46)36(38(45)39(28)48-21)26-7-4-8-29(43)37(26)44/h2-4,7-10,14,17,22,24-25,31-32,40,47H,5-6,11-12,15-16,18-20H2,1H3/t24-,25+,31-,32-,40+/m1/s1. The van der Waals surface area contributed by atoms with E-state index in [1.54, 1.807) is 29.5 Å². The van der Waals surface area contributed by atoms with Gasteiger partial charge in [-0.15, -0.1) is 11.3 Å². The Kier molecular flexibility index (Phi) is 8.46. The molecule has 3 saturated heterocycles. The van der Waals surface area contributed by atoms with Gasteiger partial charge in [0.1, 0.15) is 10.5 Å². The molecule has 3 aliphatic heterocycles. The molecule has 5 atom stereocenters. The van der Waals surface area contributed by atoms with Crippen LogP contribution in [-0.2, 0) is 22.6 Å². The fourth-order valence-electron chi connectivity index (χ4n) is 9.28. The minimum atomic E-state index is -0.478. The van der Waals surface area contributed by atoms with Crippen LogP contribution >= 0.6 is 34.5 Å². The number of hydrogen-bond donors (Lipinski definition) is 1. The lowest BCUT2D eigenvalue weighted by atomic mass is 9.79. The van der Waals surface area contributed by atoms with Gasteiger partial charge in [-0.2, -0.15) is 5.26 Å². The van der Waals surface area contributed by atoms with Crippen LogP contribution in [0.15, 0.2) is 54.6 Å². The molecule has 274 valence electrons. The molecule has 3 aromatic heterocycles. The van der Waals surface area contributed by atoms with Crippen molar-refractivity contribution in [1.82, 2.24) is 24.8 Å². The predicted octanol–water partition coefficient (Wildman–Crippen LogP) is 9.48. The summed E-state index contributed by atoms with van der Waals surface area (Å²) in [6, 6.07) is 20.0. The first-order chi connectivity index (χ1) is 26.3. The van der Waals surface area contributed by atoms with Crippen LogP contribution in [-0.4, -0.2) is 50.6 Å². The number of rotatable bonds is 9. The van der Waals surface area contributed by atoms with Crippen LogP contribution < -0.4 is 5.32 Å². The van der Waals surface area contributed by atoms with E-state index in [4.69, 9.17) is 37.9 Å². The number of nitrogens with one attached hydrogen (secondary N) is 1. The Labute approximate surface area is 325 Å². The Hall–Kier alpha value is -4.11. The maximum Gasteiger partial charge on any atom is 0.226 e. The molecule has 6 heterocycles. The number of fused-ring (bicyclic) bond motifs is 5. The Morgan fingerprint density at radius 1 is 1.11 bits per heavy atom. The average Bonchev–Trinajstić information content (AvgIpc) is 3.60. The highest BCUT2D eigenvalue weighted by Crippen LogP contribution is 2.51. The first kappa shape index (κ1) is 34.4. The SMILES string of the molecule is Cc1nc2c(F)c(-c3cccc(Cl)c3Cl)c(CCC#N)cc2c2c1cc([C@H]1C[C@H](OCc3nc4ccccc4s3)CN1C(=O)C1CC1)n2[C@H]1[C@H]2CN[C@@H]1C2. The zero-order valence-electron chi connectivity index (χ0n) is 29.6. The second kappa shape index (κ2) is 13.3. The molecule has 5 fully saturated rings. The highest BCUT2D eigenvalue weighted by atomic mass is 35.5. The van der Waals surface area contributed by atoms with Crippen LogP contribution in [0.25, 0.3) is 43.1 Å². The van der Waals surface area contributed by atoms with Crippen molar-refractivity contribution >= 4 is 72.5 Å². The van der Waals surface area contributed by atoms with Gasteiger partial charge in [-0.25, -0.2) is 14.4 Å². The summed E-state index contributed by atoms with van der Waals surface area (Å²) in [5, 5.41) is 16.5. The Balaban J connectivity index is 1.13. The number of likely N-dealkylation sites (tertiary alicyclic amines) is 1. The number of carbonyl (C=O) groups is 1. The molecule has 8 nitrogen and oxygen atoms in total. The summed E-state index contributed by atoms with van der Waals surface area (Å²) < 4.78 is 27.4. The van der Waals surface area contributed by atoms with E-state index in [0.717, 1.165) is 57.6 Å². The molecule has 12 heteroatoms. The van der Waals surface area contributed by atoms with Gasteiger partial charge >= 0.3 is 0 Å². The third kappa shape index (κ3) is 5.54. The first-order valence-electron chi connectivity index (χ1n) is 18.8. The fourth-order valence-corrected chi connectivity index (χ4v) is 10.6. The normalized spacial score (nSPS) is 23.5. The molecule has 2 aliphatic carbocycles. The Morgan fingerprint density at radius 3 is 2.72 bits per heavy atom. The number of thiazole rings is 1. The van der Waals surface area contributed by atoms with Crippen molar-refractivity contribution in [2.45, 2.75) is 76.3 Å². The van der Waals surface area contributed by atoms with Gasteiger partial charge < -0.3 is 19.5 Å². The number of nitrogens with zero attached hydrogens (tertiary/aromatic N) is 5. The molecule has 2 bridgehead atoms. The number of carbonyl (C=O) groups excluding carboxylic acids is 1. The van der Waals surface area contributed by atoms with Crippen molar-refractivity contribution in [3.63, 3.8) is 0 Å². The van der Waals surface area contributed by atoms with Crippen LogP contribution in [0.1, 0.15) is 66.1 Å². The van der Waals surface area contributed by atoms with Gasteiger partial charge in [-0.3, -0.25) is 4.79 Å². The number of aryl methyl sites for hydroxylation is 2. The summed E-state index contributed by atoms with van der Waals surface area (Å²) in [5.74, 6) is 0.173. The fraction of sp³-hybridized carbons (Fsp3) is 0.381. The highest BCUT2D eigenvalue weighted by molar-refractivity contribution is 7.18. The number of aromatic nitrogens is 3. The number of benzene rings is 3. The summed E-state index contributed by atoms with van der Waals surface area (Å²) in [6.07, 6.45) is 3.93. The zero-order chi connectivity index (χ0) is 36.8. The first-order valence-corrected chi connectivity index (χ1v) is 20.3. The van der Waals surface area contributed by atoms with Crippen molar-refractivity contribution in [2.24, 2.45) is 11.8 Å². The monoisotopic (exact) mass is 778 g/mol. The van der Waals surface area contributed by atoms with E-state index in [2.05, 4.69) is 33.0 Å². The summed E-state index contributed by atoms with van der Waals surface area (Å²) in [5.41, 5.74) is 5.39. The van der Waals surface area contributed by atoms with E-state index >= 15 is 4.39 Å². The van der Waals surface area contributed by atoms with Crippen molar-refractivity contribution in [3.8, 4) is 17.2 Å². The maximum atomic E-state index is 17.2. The molecule has 11 rings (SSSR count). The summed E-state index contributed by atoms with van der Waals surface area (Å²) >= 11 is 14.8. The molecular formula is C42H37Cl2FN6O2S. The second-order valence-electron chi connectivity index (χ2n) is 15.3. The summed E-state index contributed by atoms with van der Waals surface area (Å²) in [7, 11) is 0. The van der Waals surface area contributed by atoms with Crippen molar-refractivity contribution in [1.29, 1.82) is 5.26 Å². The minimum Gasteiger partial charge on any atom is -0.369 e. The molecule has 2 saturated carbocycles. The molecule has 3 aromatic carbocycles. The molecule has 0 radical (unpaired) electrons. The largest absolute Gasteiger partial charge is 0.369 e. The van der Waals surface area contributed by atoms with Crippen LogP contribution in [0, 0.1) is 35.9 Å². The van der Waals surface area contributed by atoms with E-state index in [1.807, 2.05) is 31.2 Å². The van der Waals surface area contributed by atoms with Crippen LogP contribution in [0.5, 0.6) is 0 Å². The van der Waals surface area contributed by atoms with Crippen LogP contribution in [0.4, 0.5) is 4.39 Å². The molecule has 54 heavy (non-hydrogen) atoms. The number of halogens is 3. The molecule has 0 spiro atoms. The third-order valence-electron chi connectivity index (χ3n) is 12.0. The third-order valence-corrected chi connectivity index (χ3v) is 13.9.